The molecule has 2 aromatic carbocycles. The highest BCUT2D eigenvalue weighted by Crippen LogP contribution is 2.30. The van der Waals surface area contributed by atoms with Crippen molar-refractivity contribution in [3.8, 4) is 11.1 Å². The summed E-state index contributed by atoms with van der Waals surface area (Å²) >= 11 is 0. The van der Waals surface area contributed by atoms with Crippen LogP contribution in [-0.4, -0.2) is 59.0 Å². The van der Waals surface area contributed by atoms with Crippen molar-refractivity contribution in [2.75, 3.05) is 26.7 Å². The molecule has 4 rings (SSSR count). The summed E-state index contributed by atoms with van der Waals surface area (Å²) < 4.78 is 6.09. The largest absolute Gasteiger partial charge is 0.361 e. The average Bonchev–Trinajstić information content (AvgIpc) is 2.84. The van der Waals surface area contributed by atoms with Crippen molar-refractivity contribution in [3.63, 3.8) is 0 Å². The van der Waals surface area contributed by atoms with Gasteiger partial charge < -0.3 is 15.0 Å². The van der Waals surface area contributed by atoms with Gasteiger partial charge in [0.1, 0.15) is 5.69 Å². The molecule has 7 heteroatoms. The van der Waals surface area contributed by atoms with Crippen LogP contribution in [0.4, 0.5) is 0 Å². The summed E-state index contributed by atoms with van der Waals surface area (Å²) in [5.41, 5.74) is 2.13. The Balaban J connectivity index is 1.67. The minimum absolute atomic E-state index is 0.130. The molecular formula is C24H24N4O3. The van der Waals surface area contributed by atoms with Crippen molar-refractivity contribution in [2.45, 2.75) is 12.0 Å². The van der Waals surface area contributed by atoms with Crippen LogP contribution in [-0.2, 0) is 16.0 Å². The number of carbonyl (C=O) groups excluding carboxylic acids is 2. The fourth-order valence-corrected chi connectivity index (χ4v) is 3.96. The second-order valence-electron chi connectivity index (χ2n) is 7.44. The first-order valence-electron chi connectivity index (χ1n) is 10.2. The molecule has 1 saturated heterocycles. The van der Waals surface area contributed by atoms with E-state index in [9.17, 15) is 9.59 Å². The van der Waals surface area contributed by atoms with Gasteiger partial charge in [-0.1, -0.05) is 54.6 Å². The Bertz CT molecular complexity index is 1060. The van der Waals surface area contributed by atoms with Crippen molar-refractivity contribution in [3.05, 3.63) is 84.4 Å². The van der Waals surface area contributed by atoms with E-state index in [1.165, 1.54) is 18.6 Å². The van der Waals surface area contributed by atoms with E-state index < -0.39 is 5.60 Å². The van der Waals surface area contributed by atoms with Crippen LogP contribution in [0.3, 0.4) is 0 Å². The molecule has 1 atom stereocenters. The molecule has 1 aromatic heterocycles. The fraction of sp³-hybridized carbons (Fsp3) is 0.250. The number of rotatable bonds is 5. The Labute approximate surface area is 181 Å². The van der Waals surface area contributed by atoms with Gasteiger partial charge in [-0.25, -0.2) is 4.98 Å². The Morgan fingerprint density at radius 1 is 1.10 bits per heavy atom. The van der Waals surface area contributed by atoms with E-state index in [4.69, 9.17) is 4.74 Å². The van der Waals surface area contributed by atoms with Crippen LogP contribution in [0, 0.1) is 0 Å². The number of morpholine rings is 1. The van der Waals surface area contributed by atoms with Crippen molar-refractivity contribution < 1.29 is 14.3 Å². The Hall–Kier alpha value is -3.58. The van der Waals surface area contributed by atoms with E-state index in [1.54, 1.807) is 11.9 Å². The molecule has 0 saturated carbocycles. The summed E-state index contributed by atoms with van der Waals surface area (Å²) in [4.78, 5) is 35.7. The number of hydrogen-bond donors (Lipinski definition) is 1. The lowest BCUT2D eigenvalue weighted by molar-refractivity contribution is -0.156. The minimum atomic E-state index is -1.20. The first kappa shape index (κ1) is 20.7. The lowest BCUT2D eigenvalue weighted by atomic mass is 9.87. The number of carbonyl (C=O) groups is 2. The third-order valence-corrected chi connectivity index (χ3v) is 5.47. The summed E-state index contributed by atoms with van der Waals surface area (Å²) in [7, 11) is 1.58. The highest BCUT2D eigenvalue weighted by molar-refractivity contribution is 5.93. The van der Waals surface area contributed by atoms with E-state index in [0.29, 0.717) is 13.0 Å². The molecule has 0 radical (unpaired) electrons. The second-order valence-corrected chi connectivity index (χ2v) is 7.44. The quantitative estimate of drug-likeness (QED) is 0.690. The van der Waals surface area contributed by atoms with Crippen LogP contribution in [0.1, 0.15) is 16.1 Å². The maximum atomic E-state index is 13.0. The van der Waals surface area contributed by atoms with Gasteiger partial charge in [0, 0.05) is 32.4 Å². The summed E-state index contributed by atoms with van der Waals surface area (Å²) in [5.74, 6) is -0.520. The second kappa shape index (κ2) is 9.06. The molecule has 31 heavy (non-hydrogen) atoms. The van der Waals surface area contributed by atoms with E-state index in [1.807, 2.05) is 54.6 Å². The Morgan fingerprint density at radius 3 is 2.61 bits per heavy atom. The first-order valence-corrected chi connectivity index (χ1v) is 10.2. The minimum Gasteiger partial charge on any atom is -0.361 e. The number of likely N-dealkylation sites (N-methyl/N-ethyl adjacent to an activating group) is 1. The molecule has 2 amide bonds. The van der Waals surface area contributed by atoms with Crippen molar-refractivity contribution in [2.24, 2.45) is 0 Å². The normalized spacial score (nSPS) is 18.4. The van der Waals surface area contributed by atoms with Gasteiger partial charge in [-0.3, -0.25) is 14.6 Å². The molecule has 1 N–H and O–H groups in total. The van der Waals surface area contributed by atoms with Gasteiger partial charge in [-0.05, 0) is 16.7 Å². The predicted molar refractivity (Wildman–Crippen MR) is 116 cm³/mol. The van der Waals surface area contributed by atoms with Crippen molar-refractivity contribution in [1.29, 1.82) is 0 Å². The van der Waals surface area contributed by atoms with E-state index >= 15 is 0 Å². The molecule has 1 fully saturated rings. The van der Waals surface area contributed by atoms with Gasteiger partial charge in [-0.2, -0.15) is 0 Å². The van der Waals surface area contributed by atoms with Crippen LogP contribution in [0.2, 0.25) is 0 Å². The maximum absolute atomic E-state index is 13.0. The molecule has 0 aliphatic carbocycles. The fourth-order valence-electron chi connectivity index (χ4n) is 3.96. The maximum Gasteiger partial charge on any atom is 0.274 e. The lowest BCUT2D eigenvalue weighted by Gasteiger charge is -2.41. The van der Waals surface area contributed by atoms with E-state index in [-0.39, 0.29) is 30.7 Å². The van der Waals surface area contributed by atoms with Gasteiger partial charge in [0.15, 0.2) is 5.60 Å². The smallest absolute Gasteiger partial charge is 0.274 e. The SMILES string of the molecule is CNC(=O)[C@@]1(Cc2ccccc2-c2ccccc2)CN(C(=O)c2cnccn2)CCO1. The van der Waals surface area contributed by atoms with Crippen molar-refractivity contribution in [1.82, 2.24) is 20.2 Å². The van der Waals surface area contributed by atoms with E-state index in [0.717, 1.165) is 16.7 Å². The molecule has 3 aromatic rings. The third kappa shape index (κ3) is 4.32. The molecule has 0 bridgehead atoms. The highest BCUT2D eigenvalue weighted by Gasteiger charge is 2.45. The van der Waals surface area contributed by atoms with Crippen molar-refractivity contribution >= 4 is 11.8 Å². The molecule has 7 nitrogen and oxygen atoms in total. The van der Waals surface area contributed by atoms with Gasteiger partial charge in [0.05, 0.1) is 19.3 Å². The van der Waals surface area contributed by atoms with Gasteiger partial charge in [0.25, 0.3) is 11.8 Å². The van der Waals surface area contributed by atoms with Gasteiger partial charge in [0.2, 0.25) is 0 Å². The summed E-state index contributed by atoms with van der Waals surface area (Å²) in [5, 5.41) is 2.72. The number of nitrogens with one attached hydrogen (secondary N) is 1. The van der Waals surface area contributed by atoms with Crippen LogP contribution in [0.15, 0.2) is 73.2 Å². The van der Waals surface area contributed by atoms with E-state index in [2.05, 4.69) is 15.3 Å². The monoisotopic (exact) mass is 416 g/mol. The predicted octanol–water partition coefficient (Wildman–Crippen LogP) is 2.34. The summed E-state index contributed by atoms with van der Waals surface area (Å²) in [6.07, 6.45) is 4.77. The number of amides is 2. The van der Waals surface area contributed by atoms with Gasteiger partial charge >= 0.3 is 0 Å². The summed E-state index contributed by atoms with van der Waals surface area (Å²) in [6.45, 7) is 0.770. The standard InChI is InChI=1S/C24H24N4O3/c1-25-23(30)24(15-19-9-5-6-10-20(19)18-7-3-2-4-8-18)17-28(13-14-31-24)22(29)21-16-26-11-12-27-21/h2-12,16H,13-15,17H2,1H3,(H,25,30)/t24-/m1/s1. The number of nitrogens with zero attached hydrogens (tertiary/aromatic N) is 3. The van der Waals surface area contributed by atoms with Crippen LogP contribution >= 0.6 is 0 Å². The number of hydrogen-bond acceptors (Lipinski definition) is 5. The zero-order valence-corrected chi connectivity index (χ0v) is 17.3. The summed E-state index contributed by atoms with van der Waals surface area (Å²) in [6, 6.07) is 18.0. The zero-order chi connectivity index (χ0) is 21.7. The number of aromatic nitrogens is 2. The number of ether oxygens (including phenoxy) is 1. The average molecular weight is 416 g/mol. The topological polar surface area (TPSA) is 84.4 Å². The molecule has 158 valence electrons. The number of benzene rings is 2. The third-order valence-electron chi connectivity index (χ3n) is 5.47. The van der Waals surface area contributed by atoms with Crippen LogP contribution in [0.25, 0.3) is 11.1 Å². The lowest BCUT2D eigenvalue weighted by Crippen LogP contribution is -2.61. The zero-order valence-electron chi connectivity index (χ0n) is 17.3. The van der Waals surface area contributed by atoms with Crippen LogP contribution < -0.4 is 5.32 Å². The molecule has 1 aliphatic heterocycles. The molecule has 2 heterocycles. The Morgan fingerprint density at radius 2 is 1.87 bits per heavy atom. The van der Waals surface area contributed by atoms with Gasteiger partial charge in [-0.15, -0.1) is 0 Å². The molecule has 0 spiro atoms. The first-order chi connectivity index (χ1) is 15.1. The molecular weight excluding hydrogens is 392 g/mol. The highest BCUT2D eigenvalue weighted by atomic mass is 16.5. The van der Waals surface area contributed by atoms with Crippen LogP contribution in [0.5, 0.6) is 0 Å². The molecule has 0 unspecified atom stereocenters. The Kier molecular flexibility index (Phi) is 6.04. The molecule has 1 aliphatic rings.